The summed E-state index contributed by atoms with van der Waals surface area (Å²) < 4.78 is 5.57. The van der Waals surface area contributed by atoms with Crippen LogP contribution in [0.1, 0.15) is 31.2 Å². The maximum absolute atomic E-state index is 12.7. The van der Waals surface area contributed by atoms with Gasteiger partial charge in [-0.05, 0) is 57.0 Å². The summed E-state index contributed by atoms with van der Waals surface area (Å²) in [5.74, 6) is 0.784. The van der Waals surface area contributed by atoms with Gasteiger partial charge >= 0.3 is 0 Å². The third-order valence-corrected chi connectivity index (χ3v) is 5.09. The van der Waals surface area contributed by atoms with E-state index in [4.69, 9.17) is 4.74 Å². The Balaban J connectivity index is 1.51. The first-order valence-corrected chi connectivity index (χ1v) is 8.50. The fourth-order valence-corrected chi connectivity index (χ4v) is 3.96. The zero-order chi connectivity index (χ0) is 15.6. The monoisotopic (exact) mass is 310 g/mol. The summed E-state index contributed by atoms with van der Waals surface area (Å²) in [6, 6.07) is 8.56. The summed E-state index contributed by atoms with van der Waals surface area (Å²) in [6.07, 6.45) is 9.96. The SMILES string of the molecule is O=C(N[C@H]1CCCN2CCC[C@@H]12)C1=Cc2ccccc2OC=C1. The minimum Gasteiger partial charge on any atom is -0.464 e. The van der Waals surface area contributed by atoms with E-state index in [-0.39, 0.29) is 11.9 Å². The fraction of sp³-hybridized carbons (Fsp3) is 0.421. The molecule has 2 atom stereocenters. The van der Waals surface area contributed by atoms with Crippen molar-refractivity contribution in [2.24, 2.45) is 0 Å². The molecule has 4 nitrogen and oxygen atoms in total. The van der Waals surface area contributed by atoms with Crippen molar-refractivity contribution in [3.05, 3.63) is 47.7 Å². The zero-order valence-electron chi connectivity index (χ0n) is 13.2. The standard InChI is InChI=1S/C19H22N2O2/c22-19(20-16-6-3-10-21-11-4-7-17(16)21)15-9-12-23-18-8-2-1-5-14(18)13-15/h1-2,5,8-9,12-13,16-17H,3-4,6-7,10-11H2,(H,20,22)/t16-,17-/m0/s1. The first-order chi connectivity index (χ1) is 11.3. The van der Waals surface area contributed by atoms with E-state index in [1.165, 1.54) is 32.4 Å². The zero-order valence-corrected chi connectivity index (χ0v) is 13.2. The predicted molar refractivity (Wildman–Crippen MR) is 89.9 cm³/mol. The number of benzene rings is 1. The molecule has 1 N–H and O–H groups in total. The summed E-state index contributed by atoms with van der Waals surface area (Å²) in [7, 11) is 0. The van der Waals surface area contributed by atoms with Crippen LogP contribution in [0, 0.1) is 0 Å². The highest BCUT2D eigenvalue weighted by Crippen LogP contribution is 2.28. The minimum atomic E-state index is 0.000281. The molecule has 0 spiro atoms. The number of hydrogen-bond donors (Lipinski definition) is 1. The average molecular weight is 310 g/mol. The van der Waals surface area contributed by atoms with E-state index >= 15 is 0 Å². The number of para-hydroxylation sites is 1. The summed E-state index contributed by atoms with van der Waals surface area (Å²) in [6.45, 7) is 2.36. The quantitative estimate of drug-likeness (QED) is 0.913. The van der Waals surface area contributed by atoms with Gasteiger partial charge in [-0.3, -0.25) is 9.69 Å². The third-order valence-electron chi connectivity index (χ3n) is 5.09. The van der Waals surface area contributed by atoms with Crippen LogP contribution in [0.5, 0.6) is 5.75 Å². The van der Waals surface area contributed by atoms with Crippen LogP contribution in [-0.2, 0) is 4.79 Å². The van der Waals surface area contributed by atoms with Gasteiger partial charge < -0.3 is 10.1 Å². The van der Waals surface area contributed by atoms with Gasteiger partial charge in [0.1, 0.15) is 5.75 Å². The number of piperidine rings is 1. The van der Waals surface area contributed by atoms with Crippen molar-refractivity contribution >= 4 is 12.0 Å². The van der Waals surface area contributed by atoms with Crippen molar-refractivity contribution in [2.75, 3.05) is 13.1 Å². The average Bonchev–Trinajstić information content (AvgIpc) is 2.94. The van der Waals surface area contributed by atoms with Gasteiger partial charge in [-0.2, -0.15) is 0 Å². The minimum absolute atomic E-state index is 0.000281. The van der Waals surface area contributed by atoms with E-state index in [0.29, 0.717) is 11.6 Å². The van der Waals surface area contributed by atoms with Crippen LogP contribution in [0.3, 0.4) is 0 Å². The number of nitrogens with zero attached hydrogens (tertiary/aromatic N) is 1. The van der Waals surface area contributed by atoms with E-state index in [1.54, 1.807) is 12.3 Å². The van der Waals surface area contributed by atoms with E-state index in [0.717, 1.165) is 17.7 Å². The first kappa shape index (κ1) is 14.5. The van der Waals surface area contributed by atoms with Gasteiger partial charge in [0.05, 0.1) is 6.26 Å². The van der Waals surface area contributed by atoms with Crippen molar-refractivity contribution in [1.82, 2.24) is 10.2 Å². The number of carbonyl (C=O) groups is 1. The summed E-state index contributed by atoms with van der Waals surface area (Å²) >= 11 is 0. The molecule has 4 rings (SSSR count). The number of ether oxygens (including phenoxy) is 1. The molecule has 2 saturated heterocycles. The Labute approximate surface area is 136 Å². The molecule has 2 fully saturated rings. The van der Waals surface area contributed by atoms with Crippen LogP contribution in [0.2, 0.25) is 0 Å². The highest BCUT2D eigenvalue weighted by molar-refractivity contribution is 6.01. The van der Waals surface area contributed by atoms with Gasteiger partial charge in [0.15, 0.2) is 0 Å². The Morgan fingerprint density at radius 3 is 2.91 bits per heavy atom. The maximum atomic E-state index is 12.7. The number of nitrogens with one attached hydrogen (secondary N) is 1. The Morgan fingerprint density at radius 1 is 1.17 bits per heavy atom. The molecule has 1 amide bonds. The van der Waals surface area contributed by atoms with Crippen LogP contribution in [0.25, 0.3) is 6.08 Å². The Bertz CT molecular complexity index is 665. The number of fused-ring (bicyclic) bond motifs is 2. The van der Waals surface area contributed by atoms with Gasteiger partial charge in [-0.15, -0.1) is 0 Å². The summed E-state index contributed by atoms with van der Waals surface area (Å²) in [5, 5.41) is 3.26. The smallest absolute Gasteiger partial charge is 0.251 e. The molecule has 120 valence electrons. The van der Waals surface area contributed by atoms with Gasteiger partial charge in [0, 0.05) is 23.2 Å². The first-order valence-electron chi connectivity index (χ1n) is 8.50. The van der Waals surface area contributed by atoms with E-state index in [1.807, 2.05) is 30.3 Å². The highest BCUT2D eigenvalue weighted by atomic mass is 16.5. The summed E-state index contributed by atoms with van der Waals surface area (Å²) in [5.41, 5.74) is 1.60. The van der Waals surface area contributed by atoms with Crippen molar-refractivity contribution in [1.29, 1.82) is 0 Å². The Hall–Kier alpha value is -2.07. The molecular formula is C19H22N2O2. The van der Waals surface area contributed by atoms with Crippen molar-refractivity contribution in [3.8, 4) is 5.75 Å². The van der Waals surface area contributed by atoms with Crippen LogP contribution in [-0.4, -0.2) is 36.0 Å². The molecule has 23 heavy (non-hydrogen) atoms. The molecular weight excluding hydrogens is 288 g/mol. The third kappa shape index (κ3) is 2.91. The molecule has 3 heterocycles. The molecule has 0 saturated carbocycles. The molecule has 4 heteroatoms. The van der Waals surface area contributed by atoms with Crippen LogP contribution < -0.4 is 10.1 Å². The van der Waals surface area contributed by atoms with Gasteiger partial charge in [0.2, 0.25) is 0 Å². The van der Waals surface area contributed by atoms with Crippen molar-refractivity contribution < 1.29 is 9.53 Å². The second-order valence-electron chi connectivity index (χ2n) is 6.53. The lowest BCUT2D eigenvalue weighted by atomic mass is 9.96. The lowest BCUT2D eigenvalue weighted by Gasteiger charge is -2.37. The second kappa shape index (κ2) is 6.20. The number of hydrogen-bond acceptors (Lipinski definition) is 3. The molecule has 0 aliphatic carbocycles. The molecule has 0 bridgehead atoms. The fourth-order valence-electron chi connectivity index (χ4n) is 3.96. The number of rotatable bonds is 2. The van der Waals surface area contributed by atoms with Gasteiger partial charge in [-0.1, -0.05) is 18.2 Å². The normalized spacial score (nSPS) is 26.5. The van der Waals surface area contributed by atoms with Gasteiger partial charge in [-0.25, -0.2) is 0 Å². The van der Waals surface area contributed by atoms with Crippen LogP contribution in [0.4, 0.5) is 0 Å². The second-order valence-corrected chi connectivity index (χ2v) is 6.53. The lowest BCUT2D eigenvalue weighted by Crippen LogP contribution is -2.52. The van der Waals surface area contributed by atoms with Crippen LogP contribution in [0.15, 0.2) is 42.2 Å². The summed E-state index contributed by atoms with van der Waals surface area (Å²) in [4.78, 5) is 15.2. The topological polar surface area (TPSA) is 41.6 Å². The molecule has 0 radical (unpaired) electrons. The molecule has 3 aliphatic rings. The lowest BCUT2D eigenvalue weighted by molar-refractivity contribution is -0.118. The van der Waals surface area contributed by atoms with E-state index < -0.39 is 0 Å². The molecule has 1 aromatic rings. The largest absolute Gasteiger partial charge is 0.464 e. The van der Waals surface area contributed by atoms with Crippen LogP contribution >= 0.6 is 0 Å². The molecule has 1 aromatic carbocycles. The van der Waals surface area contributed by atoms with E-state index in [2.05, 4.69) is 10.2 Å². The highest BCUT2D eigenvalue weighted by Gasteiger charge is 2.35. The Kier molecular flexibility index (Phi) is 3.92. The molecule has 0 unspecified atom stereocenters. The van der Waals surface area contributed by atoms with Crippen molar-refractivity contribution in [2.45, 2.75) is 37.8 Å². The predicted octanol–water partition coefficient (Wildman–Crippen LogP) is 2.72. The van der Waals surface area contributed by atoms with E-state index in [9.17, 15) is 4.79 Å². The maximum Gasteiger partial charge on any atom is 0.251 e. The molecule has 3 aliphatic heterocycles. The number of carbonyl (C=O) groups excluding carboxylic acids is 1. The van der Waals surface area contributed by atoms with Crippen molar-refractivity contribution in [3.63, 3.8) is 0 Å². The number of amides is 1. The Morgan fingerprint density at radius 2 is 2.00 bits per heavy atom. The molecule has 0 aromatic heterocycles. The van der Waals surface area contributed by atoms with Gasteiger partial charge in [0.25, 0.3) is 5.91 Å².